The number of carbonyl (C=O) groups is 1. The molecule has 1 fully saturated rings. The predicted octanol–water partition coefficient (Wildman–Crippen LogP) is 1.90. The molecule has 1 atom stereocenters. The van der Waals surface area contributed by atoms with Crippen molar-refractivity contribution in [1.29, 1.82) is 0 Å². The van der Waals surface area contributed by atoms with Gasteiger partial charge in [-0.2, -0.15) is 0 Å². The monoisotopic (exact) mass is 365 g/mol. The topological polar surface area (TPSA) is 79.4 Å². The number of pyridine rings is 1. The lowest BCUT2D eigenvalue weighted by atomic mass is 10.3. The number of likely N-dealkylation sites (tertiary alicyclic amines) is 1. The van der Waals surface area contributed by atoms with Gasteiger partial charge in [-0.25, -0.2) is 13.1 Å². The van der Waals surface area contributed by atoms with Gasteiger partial charge in [-0.3, -0.25) is 9.78 Å². The summed E-state index contributed by atoms with van der Waals surface area (Å²) >= 11 is 1.29. The number of amides is 1. The maximum atomic E-state index is 12.4. The Bertz CT molecular complexity index is 818. The van der Waals surface area contributed by atoms with Crippen molar-refractivity contribution in [3.05, 3.63) is 47.1 Å². The van der Waals surface area contributed by atoms with Crippen LogP contribution in [0.2, 0.25) is 0 Å². The van der Waals surface area contributed by atoms with Crippen molar-refractivity contribution < 1.29 is 13.2 Å². The molecule has 1 N–H and O–H groups in total. The average Bonchev–Trinajstić information content (AvgIpc) is 3.24. The molecule has 8 heteroatoms. The first-order chi connectivity index (χ1) is 11.5. The van der Waals surface area contributed by atoms with Crippen molar-refractivity contribution in [3.8, 4) is 0 Å². The van der Waals surface area contributed by atoms with Gasteiger partial charge in [0.2, 0.25) is 10.0 Å². The highest BCUT2D eigenvalue weighted by molar-refractivity contribution is 7.91. The molecule has 0 bridgehead atoms. The Kier molecular flexibility index (Phi) is 4.98. The molecule has 24 heavy (non-hydrogen) atoms. The summed E-state index contributed by atoms with van der Waals surface area (Å²) in [6, 6.07) is 8.39. The minimum atomic E-state index is -3.53. The second kappa shape index (κ2) is 7.00. The number of nitrogens with one attached hydrogen (secondary N) is 1. The first-order valence-corrected chi connectivity index (χ1v) is 10.1. The summed E-state index contributed by atoms with van der Waals surface area (Å²) in [6.45, 7) is 2.88. The molecule has 3 heterocycles. The van der Waals surface area contributed by atoms with Gasteiger partial charge in [0, 0.05) is 30.2 Å². The lowest BCUT2D eigenvalue weighted by Gasteiger charge is -2.16. The van der Waals surface area contributed by atoms with Crippen LogP contribution in [0.25, 0.3) is 0 Å². The number of thiophene rings is 1. The fourth-order valence-electron chi connectivity index (χ4n) is 2.66. The molecule has 0 aliphatic carbocycles. The summed E-state index contributed by atoms with van der Waals surface area (Å²) < 4.78 is 27.9. The quantitative estimate of drug-likeness (QED) is 0.878. The molecule has 0 saturated carbocycles. The Morgan fingerprint density at radius 1 is 1.38 bits per heavy atom. The number of sulfonamides is 1. The van der Waals surface area contributed by atoms with E-state index in [0.29, 0.717) is 29.4 Å². The zero-order valence-electron chi connectivity index (χ0n) is 13.3. The van der Waals surface area contributed by atoms with E-state index in [9.17, 15) is 13.2 Å². The van der Waals surface area contributed by atoms with Crippen LogP contribution in [0.3, 0.4) is 0 Å². The standard InChI is InChI=1S/C16H19N3O3S2/c1-2-13-6-7-15(23-13)24(21,22)18-12-8-10-19(11-12)16(20)14-5-3-4-9-17-14/h3-7,9,12,18H,2,8,10-11H2,1H3/t12-/m0/s1. The zero-order chi connectivity index (χ0) is 17.2. The van der Waals surface area contributed by atoms with Gasteiger partial charge >= 0.3 is 0 Å². The van der Waals surface area contributed by atoms with E-state index in [1.165, 1.54) is 11.3 Å². The molecule has 1 amide bonds. The third kappa shape index (κ3) is 3.66. The number of carbonyl (C=O) groups excluding carboxylic acids is 1. The number of hydrogen-bond donors (Lipinski definition) is 1. The molecule has 6 nitrogen and oxygen atoms in total. The van der Waals surface area contributed by atoms with E-state index < -0.39 is 10.0 Å². The molecule has 1 aliphatic heterocycles. The van der Waals surface area contributed by atoms with Gasteiger partial charge in [-0.05, 0) is 37.1 Å². The second-order valence-corrected chi connectivity index (χ2v) is 8.76. The molecule has 1 aliphatic rings. The Morgan fingerprint density at radius 3 is 2.88 bits per heavy atom. The van der Waals surface area contributed by atoms with Crippen LogP contribution in [0.4, 0.5) is 0 Å². The van der Waals surface area contributed by atoms with Crippen molar-refractivity contribution in [2.75, 3.05) is 13.1 Å². The summed E-state index contributed by atoms with van der Waals surface area (Å²) in [5.41, 5.74) is 0.381. The van der Waals surface area contributed by atoms with Crippen molar-refractivity contribution >= 4 is 27.3 Å². The van der Waals surface area contributed by atoms with Gasteiger partial charge in [-0.1, -0.05) is 13.0 Å². The summed E-state index contributed by atoms with van der Waals surface area (Å²) in [5.74, 6) is -0.165. The van der Waals surface area contributed by atoms with E-state index in [1.807, 2.05) is 13.0 Å². The Hall–Kier alpha value is -1.77. The van der Waals surface area contributed by atoms with Gasteiger partial charge in [-0.15, -0.1) is 11.3 Å². The van der Waals surface area contributed by atoms with Crippen LogP contribution in [0, 0.1) is 0 Å². The molecule has 2 aromatic heterocycles. The molecule has 128 valence electrons. The van der Waals surface area contributed by atoms with Crippen LogP contribution < -0.4 is 4.72 Å². The molecule has 0 spiro atoms. The van der Waals surface area contributed by atoms with Gasteiger partial charge < -0.3 is 4.90 Å². The smallest absolute Gasteiger partial charge is 0.272 e. The lowest BCUT2D eigenvalue weighted by molar-refractivity contribution is 0.0784. The molecule has 0 aromatic carbocycles. The van der Waals surface area contributed by atoms with Crippen molar-refractivity contribution in [2.24, 2.45) is 0 Å². The highest BCUT2D eigenvalue weighted by Crippen LogP contribution is 2.23. The number of aromatic nitrogens is 1. The van der Waals surface area contributed by atoms with Gasteiger partial charge in [0.1, 0.15) is 9.90 Å². The third-order valence-electron chi connectivity index (χ3n) is 3.93. The van der Waals surface area contributed by atoms with Crippen molar-refractivity contribution in [1.82, 2.24) is 14.6 Å². The number of nitrogens with zero attached hydrogens (tertiary/aromatic N) is 2. The van der Waals surface area contributed by atoms with E-state index in [2.05, 4.69) is 9.71 Å². The first-order valence-electron chi connectivity index (χ1n) is 7.81. The van der Waals surface area contributed by atoms with Gasteiger partial charge in [0.25, 0.3) is 5.91 Å². The summed E-state index contributed by atoms with van der Waals surface area (Å²) in [6.07, 6.45) is 2.99. The zero-order valence-corrected chi connectivity index (χ0v) is 14.9. The van der Waals surface area contributed by atoms with E-state index in [0.717, 1.165) is 11.3 Å². The highest BCUT2D eigenvalue weighted by Gasteiger charge is 2.31. The largest absolute Gasteiger partial charge is 0.336 e. The summed E-state index contributed by atoms with van der Waals surface area (Å²) in [4.78, 5) is 19.1. The van der Waals surface area contributed by atoms with Crippen LogP contribution >= 0.6 is 11.3 Å². The average molecular weight is 365 g/mol. The van der Waals surface area contributed by atoms with Gasteiger partial charge in [0.15, 0.2) is 0 Å². The molecule has 1 saturated heterocycles. The van der Waals surface area contributed by atoms with E-state index in [1.54, 1.807) is 35.4 Å². The summed E-state index contributed by atoms with van der Waals surface area (Å²) in [5, 5.41) is 0. The fourth-order valence-corrected chi connectivity index (χ4v) is 5.24. The van der Waals surface area contributed by atoms with E-state index in [-0.39, 0.29) is 11.9 Å². The predicted molar refractivity (Wildman–Crippen MR) is 92.6 cm³/mol. The maximum absolute atomic E-state index is 12.4. The Labute approximate surface area is 145 Å². The molecule has 2 aromatic rings. The van der Waals surface area contributed by atoms with Crippen LogP contribution in [-0.2, 0) is 16.4 Å². The van der Waals surface area contributed by atoms with Crippen LogP contribution in [0.5, 0.6) is 0 Å². The Morgan fingerprint density at radius 2 is 2.21 bits per heavy atom. The second-order valence-electron chi connectivity index (χ2n) is 5.65. The lowest BCUT2D eigenvalue weighted by Crippen LogP contribution is -2.38. The maximum Gasteiger partial charge on any atom is 0.272 e. The van der Waals surface area contributed by atoms with Crippen LogP contribution in [-0.4, -0.2) is 43.3 Å². The first kappa shape index (κ1) is 17.1. The normalized spacial score (nSPS) is 18.0. The molecule has 3 rings (SSSR count). The van der Waals surface area contributed by atoms with Gasteiger partial charge in [0.05, 0.1) is 0 Å². The summed E-state index contributed by atoms with van der Waals surface area (Å²) in [7, 11) is -3.53. The fraction of sp³-hybridized carbons (Fsp3) is 0.375. The minimum absolute atomic E-state index is 0.165. The molecule has 0 radical (unpaired) electrons. The van der Waals surface area contributed by atoms with E-state index >= 15 is 0 Å². The molecular formula is C16H19N3O3S2. The van der Waals surface area contributed by atoms with Crippen molar-refractivity contribution in [3.63, 3.8) is 0 Å². The molecular weight excluding hydrogens is 346 g/mol. The van der Waals surface area contributed by atoms with Crippen LogP contribution in [0.15, 0.2) is 40.7 Å². The Balaban J connectivity index is 1.64. The van der Waals surface area contributed by atoms with Crippen molar-refractivity contribution in [2.45, 2.75) is 30.0 Å². The number of hydrogen-bond acceptors (Lipinski definition) is 5. The molecule has 0 unspecified atom stereocenters. The third-order valence-corrected chi connectivity index (χ3v) is 7.17. The highest BCUT2D eigenvalue weighted by atomic mass is 32.2. The van der Waals surface area contributed by atoms with E-state index in [4.69, 9.17) is 0 Å². The number of aryl methyl sites for hydroxylation is 1. The number of rotatable bonds is 5. The van der Waals surface area contributed by atoms with Crippen LogP contribution in [0.1, 0.15) is 28.7 Å². The minimum Gasteiger partial charge on any atom is -0.336 e. The SMILES string of the molecule is CCc1ccc(S(=O)(=O)N[C@H]2CCN(C(=O)c3ccccn3)C2)s1.